The molecule has 0 aliphatic carbocycles. The maximum atomic E-state index is 13.0. The predicted octanol–water partition coefficient (Wildman–Crippen LogP) is 2.64. The molecule has 1 unspecified atom stereocenters. The zero-order valence-electron chi connectivity index (χ0n) is 12.9. The summed E-state index contributed by atoms with van der Waals surface area (Å²) in [6.45, 7) is 2.13. The van der Waals surface area contributed by atoms with Crippen molar-refractivity contribution in [2.45, 2.75) is 26.2 Å². The molecule has 0 amide bonds. The second-order valence-corrected chi connectivity index (χ2v) is 7.36. The molecular formula is C18H18AsClN2O. The first-order valence-corrected chi connectivity index (χ1v) is 9.26. The molecule has 0 saturated heterocycles. The average molecular weight is 389 g/mol. The number of fused-ring (bicyclic) bond motifs is 1. The Morgan fingerprint density at radius 1 is 1.17 bits per heavy atom. The standard InChI is InChI=1S/C18H18AsClN2O/c1-2-3-4-17-21-16-11-13(20)7-10-15(16)18(23)22(17)14-8-5-12(19)6-9-14/h5-11H,2-4,19H2,1H3. The molecule has 3 rings (SSSR count). The number of aromatic nitrogens is 2. The molecule has 0 spiro atoms. The van der Waals surface area contributed by atoms with E-state index in [-0.39, 0.29) is 5.56 Å². The molecule has 1 aromatic heterocycles. The Hall–Kier alpha value is -1.57. The van der Waals surface area contributed by atoms with Gasteiger partial charge in [0.25, 0.3) is 0 Å². The molecule has 1 heterocycles. The van der Waals surface area contributed by atoms with Crippen molar-refractivity contribution in [3.05, 3.63) is 63.7 Å². The van der Waals surface area contributed by atoms with Gasteiger partial charge in [-0.1, -0.05) is 0 Å². The Kier molecular flexibility index (Phi) is 4.89. The zero-order valence-corrected chi connectivity index (χ0v) is 16.1. The van der Waals surface area contributed by atoms with Crippen molar-refractivity contribution in [2.24, 2.45) is 0 Å². The summed E-state index contributed by atoms with van der Waals surface area (Å²) < 4.78 is 2.96. The summed E-state index contributed by atoms with van der Waals surface area (Å²) in [7, 11) is 0. The third-order valence-corrected chi connectivity index (χ3v) is 4.85. The van der Waals surface area contributed by atoms with Gasteiger partial charge in [-0.15, -0.1) is 0 Å². The summed E-state index contributed by atoms with van der Waals surface area (Å²) in [5.41, 5.74) is 1.50. The minimum atomic E-state index is -0.0351. The number of halogens is 1. The van der Waals surface area contributed by atoms with Crippen LogP contribution in [0.25, 0.3) is 16.6 Å². The molecule has 0 fully saturated rings. The van der Waals surface area contributed by atoms with Crippen LogP contribution in [0.3, 0.4) is 0 Å². The van der Waals surface area contributed by atoms with Crippen LogP contribution >= 0.6 is 11.6 Å². The third kappa shape index (κ3) is 3.36. The fourth-order valence-corrected chi connectivity index (χ4v) is 3.17. The maximum absolute atomic E-state index is 13.0. The first-order chi connectivity index (χ1) is 11.1. The van der Waals surface area contributed by atoms with Crippen molar-refractivity contribution in [3.63, 3.8) is 0 Å². The number of hydrogen-bond acceptors (Lipinski definition) is 2. The van der Waals surface area contributed by atoms with Gasteiger partial charge in [0.15, 0.2) is 0 Å². The molecule has 0 bridgehead atoms. The van der Waals surface area contributed by atoms with Crippen molar-refractivity contribution in [1.29, 1.82) is 0 Å². The number of rotatable bonds is 4. The molecule has 0 aliphatic rings. The van der Waals surface area contributed by atoms with Crippen LogP contribution in [-0.2, 0) is 6.42 Å². The second-order valence-electron chi connectivity index (χ2n) is 5.53. The fourth-order valence-electron chi connectivity index (χ4n) is 2.60. The minimum absolute atomic E-state index is 0.0351. The molecule has 3 aromatic rings. The van der Waals surface area contributed by atoms with E-state index in [1.54, 1.807) is 39.6 Å². The van der Waals surface area contributed by atoms with E-state index in [1.165, 1.54) is 4.35 Å². The third-order valence-electron chi connectivity index (χ3n) is 3.81. The summed E-state index contributed by atoms with van der Waals surface area (Å²) in [5.74, 6) is 0.793. The van der Waals surface area contributed by atoms with E-state index in [4.69, 9.17) is 16.6 Å². The number of benzene rings is 2. The Balaban J connectivity index is 2.28. The molecule has 0 aliphatic heterocycles. The van der Waals surface area contributed by atoms with Crippen LogP contribution in [0, 0.1) is 0 Å². The monoisotopic (exact) mass is 388 g/mol. The van der Waals surface area contributed by atoms with Gasteiger partial charge < -0.3 is 0 Å². The molecule has 23 heavy (non-hydrogen) atoms. The Labute approximate surface area is 148 Å². The first kappa shape index (κ1) is 16.3. The molecule has 1 atom stereocenters. The zero-order chi connectivity index (χ0) is 16.4. The van der Waals surface area contributed by atoms with Gasteiger partial charge in [0, 0.05) is 0 Å². The first-order valence-electron chi connectivity index (χ1n) is 7.67. The van der Waals surface area contributed by atoms with Gasteiger partial charge in [-0.2, -0.15) is 0 Å². The molecular weight excluding hydrogens is 371 g/mol. The van der Waals surface area contributed by atoms with Gasteiger partial charge in [-0.25, -0.2) is 0 Å². The van der Waals surface area contributed by atoms with Crippen LogP contribution in [0.15, 0.2) is 47.3 Å². The van der Waals surface area contributed by atoms with E-state index in [9.17, 15) is 4.79 Å². The average Bonchev–Trinajstić information content (AvgIpc) is 2.54. The summed E-state index contributed by atoms with van der Waals surface area (Å²) in [4.78, 5) is 17.7. The number of nitrogens with zero attached hydrogens (tertiary/aromatic N) is 2. The van der Waals surface area contributed by atoms with Crippen LogP contribution < -0.4 is 9.91 Å². The Morgan fingerprint density at radius 2 is 1.91 bits per heavy atom. The van der Waals surface area contributed by atoms with Crippen LogP contribution in [0.1, 0.15) is 25.6 Å². The molecule has 2 aromatic carbocycles. The Morgan fingerprint density at radius 3 is 2.61 bits per heavy atom. The van der Waals surface area contributed by atoms with Crippen LogP contribution in [0.5, 0.6) is 0 Å². The van der Waals surface area contributed by atoms with Gasteiger partial charge >= 0.3 is 149 Å². The van der Waals surface area contributed by atoms with Gasteiger partial charge in [-0.3, -0.25) is 0 Å². The molecule has 118 valence electrons. The number of unbranched alkanes of at least 4 members (excludes halogenated alkanes) is 1. The summed E-state index contributed by atoms with van der Waals surface area (Å²) in [6, 6.07) is 13.3. The van der Waals surface area contributed by atoms with Crippen molar-refractivity contribution in [3.8, 4) is 5.69 Å². The summed E-state index contributed by atoms with van der Waals surface area (Å²) >= 11 is 7.62. The van der Waals surface area contributed by atoms with Crippen LogP contribution in [0.4, 0.5) is 0 Å². The van der Waals surface area contributed by atoms with Crippen molar-refractivity contribution >= 4 is 43.7 Å². The van der Waals surface area contributed by atoms with E-state index >= 15 is 0 Å². The topological polar surface area (TPSA) is 34.9 Å². The van der Waals surface area contributed by atoms with Gasteiger partial charge in [0.1, 0.15) is 0 Å². The van der Waals surface area contributed by atoms with Crippen molar-refractivity contribution in [1.82, 2.24) is 9.55 Å². The van der Waals surface area contributed by atoms with E-state index in [1.807, 2.05) is 24.3 Å². The summed E-state index contributed by atoms with van der Waals surface area (Å²) in [5, 5.41) is 1.20. The van der Waals surface area contributed by atoms with E-state index in [2.05, 4.69) is 6.92 Å². The van der Waals surface area contributed by atoms with Crippen molar-refractivity contribution < 1.29 is 0 Å². The quantitative estimate of drug-likeness (QED) is 0.644. The SMILES string of the molecule is CCCCc1nc2cc(Cl)ccc2c(=O)n1-c1ccc([AsH2])cc1. The van der Waals surface area contributed by atoms with Crippen molar-refractivity contribution in [2.75, 3.05) is 0 Å². The van der Waals surface area contributed by atoms with Gasteiger partial charge in [0.05, 0.1) is 0 Å². The van der Waals surface area contributed by atoms with E-state index in [0.29, 0.717) is 15.9 Å². The van der Waals surface area contributed by atoms with Gasteiger partial charge in [-0.05, 0) is 0 Å². The number of aryl methyl sites for hydroxylation is 1. The molecule has 0 radical (unpaired) electrons. The van der Waals surface area contributed by atoms with Crippen LogP contribution in [0.2, 0.25) is 5.02 Å². The second kappa shape index (κ2) is 6.90. The predicted molar refractivity (Wildman–Crippen MR) is 99.1 cm³/mol. The normalized spacial score (nSPS) is 11.1. The van der Waals surface area contributed by atoms with E-state index < -0.39 is 0 Å². The van der Waals surface area contributed by atoms with E-state index in [0.717, 1.165) is 30.8 Å². The molecule has 5 heteroatoms. The Bertz CT molecular complexity index is 903. The molecule has 0 saturated carbocycles. The molecule has 0 N–H and O–H groups in total. The molecule has 3 nitrogen and oxygen atoms in total. The fraction of sp³-hybridized carbons (Fsp3) is 0.222. The van der Waals surface area contributed by atoms with Crippen LogP contribution in [-0.4, -0.2) is 26.4 Å². The number of hydrogen-bond donors (Lipinski definition) is 0. The summed E-state index contributed by atoms with van der Waals surface area (Å²) in [6.07, 6.45) is 2.82. The van der Waals surface area contributed by atoms with Gasteiger partial charge in [0.2, 0.25) is 0 Å².